The van der Waals surface area contributed by atoms with E-state index >= 15 is 0 Å². The van der Waals surface area contributed by atoms with Crippen LogP contribution in [0.5, 0.6) is 0 Å². The molecule has 318 valence electrons. The van der Waals surface area contributed by atoms with Crippen molar-refractivity contribution in [3.05, 3.63) is 65.7 Å². The van der Waals surface area contributed by atoms with Crippen LogP contribution in [0.3, 0.4) is 0 Å². The van der Waals surface area contributed by atoms with Crippen molar-refractivity contribution in [2.75, 3.05) is 45.6 Å². The Hall–Kier alpha value is -5.31. The molecule has 2 aromatic carbocycles. The van der Waals surface area contributed by atoms with Gasteiger partial charge in [-0.3, -0.25) is 28.8 Å². The lowest BCUT2D eigenvalue weighted by atomic mass is 9.99. The number of hydrogen-bond donors (Lipinski definition) is 4. The van der Waals surface area contributed by atoms with E-state index in [2.05, 4.69) is 47.2 Å². The summed E-state index contributed by atoms with van der Waals surface area (Å²) in [5, 5.41) is 10.5. The fourth-order valence-corrected chi connectivity index (χ4v) is 7.25. The molecule has 4 saturated heterocycles. The number of carbonyl (C=O) groups excluding carboxylic acids is 7. The third kappa shape index (κ3) is 14.3. The van der Waals surface area contributed by atoms with E-state index in [1.54, 1.807) is 37.7 Å². The second kappa shape index (κ2) is 24.5. The molecule has 58 heavy (non-hydrogen) atoms. The number of fused-ring (bicyclic) bond motifs is 3. The van der Waals surface area contributed by atoms with E-state index in [9.17, 15) is 33.6 Å². The molecule has 0 saturated carbocycles. The minimum Gasteiger partial charge on any atom is -0.461 e. The van der Waals surface area contributed by atoms with Crippen LogP contribution in [0.25, 0.3) is 0 Å². The van der Waals surface area contributed by atoms with E-state index in [0.717, 1.165) is 24.9 Å². The van der Waals surface area contributed by atoms with Crippen molar-refractivity contribution in [2.24, 2.45) is 0 Å². The largest absolute Gasteiger partial charge is 0.461 e. The van der Waals surface area contributed by atoms with Crippen LogP contribution in [-0.2, 0) is 44.7 Å². The van der Waals surface area contributed by atoms with Crippen LogP contribution in [0.1, 0.15) is 83.3 Å². The van der Waals surface area contributed by atoms with Gasteiger partial charge in [-0.05, 0) is 96.9 Å². The van der Waals surface area contributed by atoms with Crippen molar-refractivity contribution in [2.45, 2.75) is 116 Å². The Morgan fingerprint density at radius 1 is 0.793 bits per heavy atom. The molecule has 15 nitrogen and oxygen atoms in total. The number of aryl methyl sites for hydroxylation is 2. The smallest absolute Gasteiger partial charge is 0.329 e. The molecule has 5 atom stereocenters. The van der Waals surface area contributed by atoms with E-state index in [0.29, 0.717) is 64.7 Å². The molecule has 4 N–H and O–H groups in total. The van der Waals surface area contributed by atoms with E-state index < -0.39 is 36.2 Å². The average Bonchev–Trinajstić information content (AvgIpc) is 3.93. The van der Waals surface area contributed by atoms with Gasteiger partial charge in [-0.2, -0.15) is 0 Å². The molecule has 0 aliphatic carbocycles. The predicted octanol–water partition coefficient (Wildman–Crippen LogP) is 2.95. The first-order valence-electron chi connectivity index (χ1n) is 20.4. The van der Waals surface area contributed by atoms with Crippen molar-refractivity contribution in [3.63, 3.8) is 0 Å². The number of rotatable bonds is 5. The molecule has 2 aromatic rings. The highest BCUT2D eigenvalue weighted by molar-refractivity contribution is 5.95. The molecule has 4 aliphatic rings. The monoisotopic (exact) mass is 805 g/mol. The second-order valence-corrected chi connectivity index (χ2v) is 14.8. The summed E-state index contributed by atoms with van der Waals surface area (Å²) in [7, 11) is 3.34. The highest BCUT2D eigenvalue weighted by Crippen LogP contribution is 2.27. The molecule has 0 spiro atoms. The van der Waals surface area contributed by atoms with Gasteiger partial charge in [0.1, 0.15) is 30.3 Å². The number of cyclic esters (lactones) is 1. The molecule has 6 rings (SSSR count). The van der Waals surface area contributed by atoms with Crippen molar-refractivity contribution in [1.82, 2.24) is 30.7 Å². The maximum Gasteiger partial charge on any atom is 0.329 e. The summed E-state index contributed by atoms with van der Waals surface area (Å²) in [6, 6.07) is 15.3. The van der Waals surface area contributed by atoms with Gasteiger partial charge in [0.15, 0.2) is 0 Å². The molecular formula is C43H63N7O8. The number of nitrogens with one attached hydrogen (secondary N) is 4. The van der Waals surface area contributed by atoms with Gasteiger partial charge in [-0.25, -0.2) is 4.79 Å². The van der Waals surface area contributed by atoms with Crippen LogP contribution in [0.15, 0.2) is 54.6 Å². The summed E-state index contributed by atoms with van der Waals surface area (Å²) < 4.78 is 5.54. The average molecular weight is 806 g/mol. The van der Waals surface area contributed by atoms with E-state index in [1.165, 1.54) is 16.0 Å². The van der Waals surface area contributed by atoms with E-state index in [-0.39, 0.29) is 36.0 Å². The van der Waals surface area contributed by atoms with Gasteiger partial charge in [0, 0.05) is 32.4 Å². The first-order valence-corrected chi connectivity index (χ1v) is 20.4. The molecule has 4 heterocycles. The molecule has 15 heteroatoms. The molecule has 0 radical (unpaired) electrons. The molecular weight excluding hydrogens is 743 g/mol. The zero-order chi connectivity index (χ0) is 42.6. The quantitative estimate of drug-likeness (QED) is 0.261. The zero-order valence-electron chi connectivity index (χ0n) is 35.0. The van der Waals surface area contributed by atoms with Gasteiger partial charge in [0.05, 0.1) is 13.0 Å². The van der Waals surface area contributed by atoms with Gasteiger partial charge in [0.25, 0.3) is 0 Å². The second-order valence-electron chi connectivity index (χ2n) is 14.8. The van der Waals surface area contributed by atoms with Crippen molar-refractivity contribution < 1.29 is 38.3 Å². The first kappa shape index (κ1) is 47.1. The Morgan fingerprint density at radius 2 is 1.40 bits per heavy atom. The lowest BCUT2D eigenvalue weighted by Gasteiger charge is -2.38. The van der Waals surface area contributed by atoms with Gasteiger partial charge >= 0.3 is 5.97 Å². The van der Waals surface area contributed by atoms with Gasteiger partial charge in [-0.1, -0.05) is 55.0 Å². The van der Waals surface area contributed by atoms with E-state index in [1.807, 2.05) is 42.5 Å². The third-order valence-electron chi connectivity index (χ3n) is 10.4. The Labute approximate surface area is 343 Å². The number of piperidine rings is 1. The maximum atomic E-state index is 13.5. The van der Waals surface area contributed by atoms with Crippen LogP contribution >= 0.6 is 0 Å². The molecule has 0 bridgehead atoms. The molecule has 4 aliphatic heterocycles. The molecule has 5 unspecified atom stereocenters. The summed E-state index contributed by atoms with van der Waals surface area (Å²) in [5.41, 5.74) is 3.45. The fraction of sp³-hybridized carbons (Fsp3) is 0.558. The lowest BCUT2D eigenvalue weighted by Crippen LogP contribution is -2.59. The van der Waals surface area contributed by atoms with Crippen LogP contribution in [0.4, 0.5) is 5.69 Å². The number of ether oxygens (including phenoxy) is 1. The summed E-state index contributed by atoms with van der Waals surface area (Å²) in [6.07, 6.45) is 5.59. The standard InChI is InChI=1S/C23H34N4O6.C9H11NO.C7H8.C4H10N2O/c1-14-13-19(28)25-11-5-8-17(25)22(31)26-10-4-3-7-16(26)20(29)24-15(2)21(30)27-12-6-9-18(27)23(32)33-14;1-2-8-3-5-9(6-4-8)10-7-11;1-7-5-3-2-4-6-7;1-5-3-4(7)6-2/h14-18H,3-13H2,1-2H3,(H,24,29);3-7H,2H2,1H3,(H,10,11);2-6H,1H3;5H,3H2,1-2H3,(H,6,7). The number of esters is 1. The highest BCUT2D eigenvalue weighted by Gasteiger charge is 2.43. The summed E-state index contributed by atoms with van der Waals surface area (Å²) >= 11 is 0. The van der Waals surface area contributed by atoms with Crippen LogP contribution in [-0.4, -0.2) is 127 Å². The third-order valence-corrected chi connectivity index (χ3v) is 10.4. The Kier molecular flexibility index (Phi) is 19.8. The minimum absolute atomic E-state index is 0.0162. The van der Waals surface area contributed by atoms with Crippen LogP contribution in [0, 0.1) is 6.92 Å². The minimum atomic E-state index is -0.820. The SMILES string of the molecule is CC1CC(=O)N2CCCC2C(=O)N2CCCCC2C(=O)NC(C)C(=O)N2CCCC2C(=O)O1.CCc1ccc(NC=O)cc1.CNCC(=O)NC.Cc1ccccc1. The topological polar surface area (TPSA) is 187 Å². The molecule has 6 amide bonds. The fourth-order valence-electron chi connectivity index (χ4n) is 7.25. The first-order chi connectivity index (χ1) is 27.8. The summed E-state index contributed by atoms with van der Waals surface area (Å²) in [4.78, 5) is 90.4. The number of benzene rings is 2. The Morgan fingerprint density at radius 3 is 1.97 bits per heavy atom. The molecule has 0 aromatic heterocycles. The molecule has 4 fully saturated rings. The normalized spacial score (nSPS) is 23.4. The number of carbonyl (C=O) groups is 7. The summed E-state index contributed by atoms with van der Waals surface area (Å²) in [6.45, 7) is 9.20. The lowest BCUT2D eigenvalue weighted by molar-refractivity contribution is -0.160. The predicted molar refractivity (Wildman–Crippen MR) is 221 cm³/mol. The number of amides is 6. The van der Waals surface area contributed by atoms with Crippen molar-refractivity contribution in [3.8, 4) is 0 Å². The highest BCUT2D eigenvalue weighted by atomic mass is 16.5. The maximum absolute atomic E-state index is 13.5. The van der Waals surface area contributed by atoms with Crippen LogP contribution in [0.2, 0.25) is 0 Å². The van der Waals surface area contributed by atoms with Crippen molar-refractivity contribution in [1.29, 1.82) is 0 Å². The number of likely N-dealkylation sites (N-methyl/N-ethyl adjacent to an activating group) is 2. The van der Waals surface area contributed by atoms with E-state index in [4.69, 9.17) is 4.74 Å². The Bertz CT molecular complexity index is 1660. The Balaban J connectivity index is 0.000000289. The van der Waals surface area contributed by atoms with Gasteiger partial charge in [-0.15, -0.1) is 0 Å². The number of nitrogens with zero attached hydrogens (tertiary/aromatic N) is 3. The van der Waals surface area contributed by atoms with Gasteiger partial charge < -0.3 is 40.7 Å². The van der Waals surface area contributed by atoms with Gasteiger partial charge in [0.2, 0.25) is 35.9 Å². The number of anilines is 1. The number of hydrogen-bond acceptors (Lipinski definition) is 9. The zero-order valence-corrected chi connectivity index (χ0v) is 35.0. The summed E-state index contributed by atoms with van der Waals surface area (Å²) in [5.74, 6) is -1.66. The van der Waals surface area contributed by atoms with Crippen LogP contribution < -0.4 is 21.3 Å². The van der Waals surface area contributed by atoms with Crippen molar-refractivity contribution >= 4 is 47.6 Å².